The van der Waals surface area contributed by atoms with Crippen molar-refractivity contribution in [3.63, 3.8) is 0 Å². The number of hydrogen-bond donors (Lipinski definition) is 1. The maximum atomic E-state index is 11.4. The quantitative estimate of drug-likeness (QED) is 0.708. The summed E-state index contributed by atoms with van der Waals surface area (Å²) in [5.41, 5.74) is 0. The molecular weight excluding hydrogens is 168 g/mol. The van der Waals surface area contributed by atoms with Crippen LogP contribution in [-0.2, 0) is 9.59 Å². The molecule has 72 valence electrons. The Hall–Kier alpha value is -1.12. The molecule has 0 aromatic heterocycles. The molecule has 0 heterocycles. The summed E-state index contributed by atoms with van der Waals surface area (Å²) < 4.78 is 0. The topological polar surface area (TPSA) is 54.4 Å². The summed E-state index contributed by atoms with van der Waals surface area (Å²) in [5, 5.41) is 8.57. The average molecular weight is 182 g/mol. The number of rotatable bonds is 2. The minimum absolute atomic E-state index is 0.0246. The van der Waals surface area contributed by atoms with E-state index in [0.29, 0.717) is 0 Å². The highest BCUT2D eigenvalue weighted by molar-refractivity contribution is 5.93. The highest BCUT2D eigenvalue weighted by atomic mass is 16.4. The molecule has 1 aliphatic rings. The Bertz CT molecular complexity index is 230. The van der Waals surface area contributed by atoms with Crippen LogP contribution in [0, 0.1) is 5.92 Å². The summed E-state index contributed by atoms with van der Waals surface area (Å²) in [6.45, 7) is 0. The van der Waals surface area contributed by atoms with Crippen LogP contribution in [0.1, 0.15) is 32.1 Å². The molecule has 0 saturated carbocycles. The Balaban J connectivity index is 2.57. The van der Waals surface area contributed by atoms with Gasteiger partial charge in [-0.3, -0.25) is 9.59 Å². The molecule has 13 heavy (non-hydrogen) atoms. The van der Waals surface area contributed by atoms with E-state index in [9.17, 15) is 9.59 Å². The summed E-state index contributed by atoms with van der Waals surface area (Å²) >= 11 is 0. The maximum absolute atomic E-state index is 11.4. The Kier molecular flexibility index (Phi) is 3.68. The lowest BCUT2D eigenvalue weighted by molar-refractivity contribution is -0.140. The number of carbonyl (C=O) groups excluding carboxylic acids is 1. The lowest BCUT2D eigenvalue weighted by atomic mass is 9.91. The number of ketones is 1. The van der Waals surface area contributed by atoms with E-state index in [-0.39, 0.29) is 18.1 Å². The molecule has 3 heteroatoms. The second-order valence-corrected chi connectivity index (χ2v) is 3.38. The molecule has 3 nitrogen and oxygen atoms in total. The molecular formula is C10H14O3. The summed E-state index contributed by atoms with van der Waals surface area (Å²) in [6.07, 6.45) is 7.02. The van der Waals surface area contributed by atoms with Crippen LogP contribution >= 0.6 is 0 Å². The third kappa shape index (κ3) is 3.40. The third-order valence-corrected chi connectivity index (χ3v) is 2.28. The van der Waals surface area contributed by atoms with Gasteiger partial charge in [-0.2, -0.15) is 0 Å². The van der Waals surface area contributed by atoms with Gasteiger partial charge in [-0.15, -0.1) is 0 Å². The molecule has 0 aliphatic heterocycles. The Labute approximate surface area is 77.4 Å². The molecule has 0 saturated heterocycles. The van der Waals surface area contributed by atoms with Gasteiger partial charge < -0.3 is 5.11 Å². The molecule has 1 rings (SSSR count). The van der Waals surface area contributed by atoms with Crippen molar-refractivity contribution >= 4 is 11.8 Å². The Morgan fingerprint density at radius 1 is 1.54 bits per heavy atom. The van der Waals surface area contributed by atoms with Crippen LogP contribution in [0.2, 0.25) is 0 Å². The van der Waals surface area contributed by atoms with Crippen LogP contribution < -0.4 is 0 Å². The summed E-state index contributed by atoms with van der Waals surface area (Å²) in [6, 6.07) is 0. The Morgan fingerprint density at radius 3 is 3.00 bits per heavy atom. The SMILES string of the molecule is O=C(O)CC1CCCC/C=C\C1=O. The minimum Gasteiger partial charge on any atom is -0.481 e. The zero-order chi connectivity index (χ0) is 9.68. The molecule has 0 bridgehead atoms. The van der Waals surface area contributed by atoms with Crippen molar-refractivity contribution in [2.24, 2.45) is 5.92 Å². The van der Waals surface area contributed by atoms with E-state index in [1.54, 1.807) is 0 Å². The molecule has 1 N–H and O–H groups in total. The predicted octanol–water partition coefficient (Wildman–Crippen LogP) is 1.78. The van der Waals surface area contributed by atoms with E-state index in [1.165, 1.54) is 6.08 Å². The fraction of sp³-hybridized carbons (Fsp3) is 0.600. The number of carbonyl (C=O) groups is 2. The van der Waals surface area contributed by atoms with Gasteiger partial charge in [-0.1, -0.05) is 12.5 Å². The lowest BCUT2D eigenvalue weighted by Crippen LogP contribution is -2.17. The zero-order valence-electron chi connectivity index (χ0n) is 7.53. The zero-order valence-corrected chi connectivity index (χ0v) is 7.53. The normalized spacial score (nSPS) is 26.2. The standard InChI is InChI=1S/C10H14O3/c11-9-6-4-2-1-3-5-8(9)7-10(12)13/h4,6,8H,1-3,5,7H2,(H,12,13)/b6-4-. The number of allylic oxidation sites excluding steroid dienone is 2. The van der Waals surface area contributed by atoms with E-state index in [4.69, 9.17) is 5.11 Å². The monoisotopic (exact) mass is 182 g/mol. The van der Waals surface area contributed by atoms with Crippen LogP contribution in [0.3, 0.4) is 0 Å². The number of hydrogen-bond acceptors (Lipinski definition) is 2. The molecule has 0 radical (unpaired) electrons. The molecule has 1 unspecified atom stereocenters. The molecule has 0 amide bonds. The molecule has 0 aromatic rings. The number of carboxylic acids is 1. The van der Waals surface area contributed by atoms with Crippen LogP contribution in [-0.4, -0.2) is 16.9 Å². The van der Waals surface area contributed by atoms with E-state index in [0.717, 1.165) is 25.7 Å². The first-order chi connectivity index (χ1) is 6.20. The smallest absolute Gasteiger partial charge is 0.304 e. The van der Waals surface area contributed by atoms with Gasteiger partial charge in [0.25, 0.3) is 0 Å². The van der Waals surface area contributed by atoms with Crippen molar-refractivity contribution in [3.8, 4) is 0 Å². The lowest BCUT2D eigenvalue weighted by Gasteiger charge is -2.12. The molecule has 0 aromatic carbocycles. The van der Waals surface area contributed by atoms with E-state index in [1.807, 2.05) is 6.08 Å². The van der Waals surface area contributed by atoms with Crippen LogP contribution in [0.4, 0.5) is 0 Å². The maximum Gasteiger partial charge on any atom is 0.304 e. The van der Waals surface area contributed by atoms with Gasteiger partial charge in [0.1, 0.15) is 0 Å². The fourth-order valence-electron chi connectivity index (χ4n) is 1.54. The van der Waals surface area contributed by atoms with Gasteiger partial charge >= 0.3 is 5.97 Å². The van der Waals surface area contributed by atoms with Gasteiger partial charge in [0.15, 0.2) is 5.78 Å². The first-order valence-corrected chi connectivity index (χ1v) is 4.62. The van der Waals surface area contributed by atoms with Crippen molar-refractivity contribution in [3.05, 3.63) is 12.2 Å². The van der Waals surface area contributed by atoms with Crippen molar-refractivity contribution in [1.29, 1.82) is 0 Å². The van der Waals surface area contributed by atoms with Crippen LogP contribution in [0.15, 0.2) is 12.2 Å². The molecule has 0 spiro atoms. The fourth-order valence-corrected chi connectivity index (χ4v) is 1.54. The average Bonchev–Trinajstić information content (AvgIpc) is 2.04. The summed E-state index contributed by atoms with van der Waals surface area (Å²) in [7, 11) is 0. The summed E-state index contributed by atoms with van der Waals surface area (Å²) in [4.78, 5) is 21.8. The first kappa shape index (κ1) is 9.96. The summed E-state index contributed by atoms with van der Waals surface area (Å²) in [5.74, 6) is -1.21. The Morgan fingerprint density at radius 2 is 2.31 bits per heavy atom. The van der Waals surface area contributed by atoms with E-state index < -0.39 is 5.97 Å². The minimum atomic E-state index is -0.882. The van der Waals surface area contributed by atoms with Gasteiger partial charge in [0.2, 0.25) is 0 Å². The van der Waals surface area contributed by atoms with Crippen molar-refractivity contribution < 1.29 is 14.7 Å². The van der Waals surface area contributed by atoms with Crippen LogP contribution in [0.25, 0.3) is 0 Å². The van der Waals surface area contributed by atoms with Crippen molar-refractivity contribution in [2.45, 2.75) is 32.1 Å². The first-order valence-electron chi connectivity index (χ1n) is 4.62. The molecule has 1 atom stereocenters. The number of carboxylic acid groups (broad SMARTS) is 1. The highest BCUT2D eigenvalue weighted by Gasteiger charge is 2.19. The van der Waals surface area contributed by atoms with Crippen molar-refractivity contribution in [2.75, 3.05) is 0 Å². The van der Waals surface area contributed by atoms with Gasteiger partial charge in [0, 0.05) is 5.92 Å². The van der Waals surface area contributed by atoms with E-state index >= 15 is 0 Å². The number of aliphatic carboxylic acids is 1. The second-order valence-electron chi connectivity index (χ2n) is 3.38. The predicted molar refractivity (Wildman–Crippen MR) is 48.4 cm³/mol. The van der Waals surface area contributed by atoms with Gasteiger partial charge in [-0.05, 0) is 25.3 Å². The van der Waals surface area contributed by atoms with Crippen molar-refractivity contribution in [1.82, 2.24) is 0 Å². The van der Waals surface area contributed by atoms with Crippen LogP contribution in [0.5, 0.6) is 0 Å². The second kappa shape index (κ2) is 4.80. The van der Waals surface area contributed by atoms with Gasteiger partial charge in [0.05, 0.1) is 6.42 Å². The largest absolute Gasteiger partial charge is 0.481 e. The molecule has 0 fully saturated rings. The molecule has 1 aliphatic carbocycles. The van der Waals surface area contributed by atoms with E-state index in [2.05, 4.69) is 0 Å². The highest BCUT2D eigenvalue weighted by Crippen LogP contribution is 2.18. The third-order valence-electron chi connectivity index (χ3n) is 2.28. The van der Waals surface area contributed by atoms with Gasteiger partial charge in [-0.25, -0.2) is 0 Å².